The van der Waals surface area contributed by atoms with Gasteiger partial charge in [-0.25, -0.2) is 13.4 Å². The molecular weight excluding hydrogens is 460 g/mol. The van der Waals surface area contributed by atoms with Crippen LogP contribution in [0, 0.1) is 0 Å². The molecule has 168 valence electrons. The van der Waals surface area contributed by atoms with E-state index in [1.165, 1.54) is 24.3 Å². The van der Waals surface area contributed by atoms with E-state index in [-0.39, 0.29) is 18.0 Å². The maximum absolute atomic E-state index is 13.4. The van der Waals surface area contributed by atoms with Gasteiger partial charge >= 0.3 is 0 Å². The zero-order valence-electron chi connectivity index (χ0n) is 17.5. The van der Waals surface area contributed by atoms with Crippen LogP contribution < -0.4 is 9.62 Å². The SMILES string of the molecule is O=C(CN(c1ccccc1)S(=O)(=O)c1ccc(Cl)cc1)NCc1ccccc1-n1ccnc1. The lowest BCUT2D eigenvalue weighted by atomic mass is 10.1. The number of benzene rings is 3. The van der Waals surface area contributed by atoms with Crippen LogP contribution in [-0.2, 0) is 21.4 Å². The number of amides is 1. The summed E-state index contributed by atoms with van der Waals surface area (Å²) in [6.07, 6.45) is 5.17. The highest BCUT2D eigenvalue weighted by Crippen LogP contribution is 2.24. The molecule has 3 aromatic carbocycles. The van der Waals surface area contributed by atoms with Crippen LogP contribution in [0.15, 0.2) is 102 Å². The number of para-hydroxylation sites is 2. The Hall–Kier alpha value is -3.62. The average molecular weight is 481 g/mol. The van der Waals surface area contributed by atoms with Crippen molar-refractivity contribution in [2.45, 2.75) is 11.4 Å². The van der Waals surface area contributed by atoms with Crippen molar-refractivity contribution in [2.24, 2.45) is 0 Å². The van der Waals surface area contributed by atoms with Crippen LogP contribution in [0.4, 0.5) is 5.69 Å². The maximum atomic E-state index is 13.4. The predicted octanol–water partition coefficient (Wildman–Crippen LogP) is 4.04. The number of sulfonamides is 1. The standard InChI is InChI=1S/C24H21ClN4O3S/c25-20-10-12-22(13-11-20)33(31,32)29(21-7-2-1-3-8-21)17-24(30)27-16-19-6-4-5-9-23(19)28-15-14-26-18-28/h1-15,18H,16-17H2,(H,27,30). The minimum Gasteiger partial charge on any atom is -0.350 e. The molecular formula is C24H21ClN4O3S. The molecule has 0 bridgehead atoms. The number of carbonyl (C=O) groups is 1. The van der Waals surface area contributed by atoms with Crippen molar-refractivity contribution >= 4 is 33.2 Å². The summed E-state index contributed by atoms with van der Waals surface area (Å²) in [5.74, 6) is -0.433. The number of anilines is 1. The van der Waals surface area contributed by atoms with E-state index in [2.05, 4.69) is 10.3 Å². The number of hydrogen-bond donors (Lipinski definition) is 1. The van der Waals surface area contributed by atoms with E-state index in [1.807, 2.05) is 35.0 Å². The molecule has 7 nitrogen and oxygen atoms in total. The second-order valence-corrected chi connectivity index (χ2v) is 9.48. The van der Waals surface area contributed by atoms with Crippen molar-refractivity contribution in [3.05, 3.63) is 108 Å². The molecule has 4 aromatic rings. The quantitative estimate of drug-likeness (QED) is 0.412. The van der Waals surface area contributed by atoms with Gasteiger partial charge < -0.3 is 9.88 Å². The molecule has 1 heterocycles. The maximum Gasteiger partial charge on any atom is 0.264 e. The summed E-state index contributed by atoms with van der Waals surface area (Å²) in [4.78, 5) is 17.0. The Bertz CT molecular complexity index is 1330. The number of nitrogens with one attached hydrogen (secondary N) is 1. The second-order valence-electron chi connectivity index (χ2n) is 7.18. The van der Waals surface area contributed by atoms with Gasteiger partial charge in [0.05, 0.1) is 22.6 Å². The highest BCUT2D eigenvalue weighted by molar-refractivity contribution is 7.92. The molecule has 0 atom stereocenters. The van der Waals surface area contributed by atoms with Crippen LogP contribution in [0.3, 0.4) is 0 Å². The zero-order valence-corrected chi connectivity index (χ0v) is 19.1. The van der Waals surface area contributed by atoms with E-state index in [0.29, 0.717) is 10.7 Å². The van der Waals surface area contributed by atoms with E-state index in [1.54, 1.807) is 42.9 Å². The number of rotatable bonds is 8. The normalized spacial score (nSPS) is 11.2. The smallest absolute Gasteiger partial charge is 0.264 e. The van der Waals surface area contributed by atoms with Crippen LogP contribution >= 0.6 is 11.6 Å². The number of hydrogen-bond acceptors (Lipinski definition) is 4. The third-order valence-corrected chi connectivity index (χ3v) is 7.02. The first kappa shape index (κ1) is 22.6. The summed E-state index contributed by atoms with van der Waals surface area (Å²) in [7, 11) is -3.99. The van der Waals surface area contributed by atoms with Gasteiger partial charge in [-0.1, -0.05) is 48.0 Å². The van der Waals surface area contributed by atoms with Gasteiger partial charge in [-0.15, -0.1) is 0 Å². The zero-order chi connectivity index (χ0) is 23.3. The Balaban J connectivity index is 1.55. The average Bonchev–Trinajstić information content (AvgIpc) is 3.37. The van der Waals surface area contributed by atoms with E-state index >= 15 is 0 Å². The first-order chi connectivity index (χ1) is 15.9. The molecule has 4 rings (SSSR count). The topological polar surface area (TPSA) is 84.3 Å². The monoisotopic (exact) mass is 480 g/mol. The van der Waals surface area contributed by atoms with Crippen LogP contribution in [0.2, 0.25) is 5.02 Å². The third kappa shape index (κ3) is 5.24. The van der Waals surface area contributed by atoms with Crippen LogP contribution in [0.25, 0.3) is 5.69 Å². The first-order valence-electron chi connectivity index (χ1n) is 10.1. The molecule has 1 aromatic heterocycles. The number of nitrogens with zero attached hydrogens (tertiary/aromatic N) is 3. The van der Waals surface area contributed by atoms with E-state index in [9.17, 15) is 13.2 Å². The Morgan fingerprint density at radius 1 is 0.970 bits per heavy atom. The second kappa shape index (κ2) is 9.89. The highest BCUT2D eigenvalue weighted by atomic mass is 35.5. The molecule has 0 aliphatic carbocycles. The van der Waals surface area contributed by atoms with Crippen LogP contribution in [-0.4, -0.2) is 30.4 Å². The van der Waals surface area contributed by atoms with Crippen LogP contribution in [0.5, 0.6) is 0 Å². The minimum absolute atomic E-state index is 0.0500. The van der Waals surface area contributed by atoms with Crippen molar-refractivity contribution in [1.29, 1.82) is 0 Å². The van der Waals surface area contributed by atoms with Gasteiger partial charge in [-0.2, -0.15) is 0 Å². The van der Waals surface area contributed by atoms with Crippen LogP contribution in [0.1, 0.15) is 5.56 Å². The van der Waals surface area contributed by atoms with Crippen molar-refractivity contribution in [1.82, 2.24) is 14.9 Å². The summed E-state index contributed by atoms with van der Waals surface area (Å²) < 4.78 is 29.7. The molecule has 0 fully saturated rings. The molecule has 33 heavy (non-hydrogen) atoms. The fraction of sp³-hybridized carbons (Fsp3) is 0.0833. The fourth-order valence-corrected chi connectivity index (χ4v) is 4.88. The molecule has 0 radical (unpaired) electrons. The molecule has 0 saturated carbocycles. The van der Waals surface area contributed by atoms with E-state index < -0.39 is 15.9 Å². The molecule has 0 aliphatic heterocycles. The lowest BCUT2D eigenvalue weighted by molar-refractivity contribution is -0.119. The number of halogens is 1. The van der Waals surface area contributed by atoms with Gasteiger partial charge in [0.2, 0.25) is 5.91 Å². The largest absolute Gasteiger partial charge is 0.350 e. The van der Waals surface area contributed by atoms with Gasteiger partial charge in [0.15, 0.2) is 0 Å². The van der Waals surface area contributed by atoms with Crippen molar-refractivity contribution in [2.75, 3.05) is 10.8 Å². The Morgan fingerprint density at radius 2 is 1.67 bits per heavy atom. The molecule has 1 N–H and O–H groups in total. The van der Waals surface area contributed by atoms with E-state index in [4.69, 9.17) is 11.6 Å². The Labute approximate surface area is 197 Å². The number of carbonyl (C=O) groups excluding carboxylic acids is 1. The highest BCUT2D eigenvalue weighted by Gasteiger charge is 2.27. The summed E-state index contributed by atoms with van der Waals surface area (Å²) in [6, 6.07) is 22.0. The summed E-state index contributed by atoms with van der Waals surface area (Å²) in [5.41, 5.74) is 2.14. The molecule has 0 saturated heterocycles. The minimum atomic E-state index is -3.99. The molecule has 0 spiro atoms. The van der Waals surface area contributed by atoms with Gasteiger partial charge in [-0.05, 0) is 48.0 Å². The number of aromatic nitrogens is 2. The van der Waals surface area contributed by atoms with Crippen molar-refractivity contribution in [3.63, 3.8) is 0 Å². The molecule has 1 amide bonds. The first-order valence-corrected chi connectivity index (χ1v) is 11.9. The lowest BCUT2D eigenvalue weighted by Crippen LogP contribution is -2.40. The van der Waals surface area contributed by atoms with Gasteiger partial charge in [-0.3, -0.25) is 9.10 Å². The van der Waals surface area contributed by atoms with E-state index in [0.717, 1.165) is 15.6 Å². The van der Waals surface area contributed by atoms with Gasteiger partial charge in [0.1, 0.15) is 6.54 Å². The Morgan fingerprint density at radius 3 is 2.36 bits per heavy atom. The molecule has 9 heteroatoms. The van der Waals surface area contributed by atoms with Crippen molar-refractivity contribution < 1.29 is 13.2 Å². The summed E-state index contributed by atoms with van der Waals surface area (Å²) in [6.45, 7) is -0.140. The third-order valence-electron chi connectivity index (χ3n) is 4.98. The summed E-state index contributed by atoms with van der Waals surface area (Å²) in [5, 5.41) is 3.26. The Kier molecular flexibility index (Phi) is 6.76. The molecule has 0 unspecified atom stereocenters. The lowest BCUT2D eigenvalue weighted by Gasteiger charge is -2.24. The van der Waals surface area contributed by atoms with Gasteiger partial charge in [0, 0.05) is 24.0 Å². The van der Waals surface area contributed by atoms with Crippen molar-refractivity contribution in [3.8, 4) is 5.69 Å². The van der Waals surface area contributed by atoms with Gasteiger partial charge in [0.25, 0.3) is 10.0 Å². The predicted molar refractivity (Wildman–Crippen MR) is 128 cm³/mol. The summed E-state index contributed by atoms with van der Waals surface area (Å²) >= 11 is 5.91. The fourth-order valence-electron chi connectivity index (χ4n) is 3.34. The number of imidazole rings is 1. The molecule has 0 aliphatic rings.